The Morgan fingerprint density at radius 1 is 1.50 bits per heavy atom. The number of aromatic nitrogens is 2. The van der Waals surface area contributed by atoms with Crippen molar-refractivity contribution in [2.24, 2.45) is 0 Å². The topological polar surface area (TPSA) is 53.1 Å². The van der Waals surface area contributed by atoms with E-state index in [-0.39, 0.29) is 0 Å². The van der Waals surface area contributed by atoms with E-state index in [1.54, 1.807) is 23.3 Å². The number of anilines is 1. The number of hydrazine groups is 1. The Labute approximate surface area is 98.8 Å². The molecule has 0 atom stereocenters. The minimum absolute atomic E-state index is 0.554. The van der Waals surface area contributed by atoms with Crippen molar-refractivity contribution >= 4 is 17.4 Å². The molecule has 84 valence electrons. The Bertz CT molecular complexity index is 454. The molecule has 2 rings (SSSR count). The van der Waals surface area contributed by atoms with Crippen LogP contribution in [0.25, 0.3) is 0 Å². The smallest absolute Gasteiger partial charge is 0.134 e. The molecular weight excluding hydrogens is 226 g/mol. The quantitative estimate of drug-likeness (QED) is 0.765. The van der Waals surface area contributed by atoms with Crippen LogP contribution in [-0.2, 0) is 0 Å². The zero-order valence-corrected chi connectivity index (χ0v) is 9.78. The van der Waals surface area contributed by atoms with E-state index >= 15 is 0 Å². The van der Waals surface area contributed by atoms with E-state index < -0.39 is 0 Å². The number of nitrogens with one attached hydrogen (secondary N) is 2. The molecule has 0 unspecified atom stereocenters. The second kappa shape index (κ2) is 4.40. The number of hydrogen-bond acceptors (Lipinski definition) is 5. The maximum Gasteiger partial charge on any atom is 0.134 e. The van der Waals surface area contributed by atoms with E-state index in [2.05, 4.69) is 20.7 Å². The number of halogens is 1. The normalized spacial score (nSPS) is 15.1. The van der Waals surface area contributed by atoms with Gasteiger partial charge in [-0.2, -0.15) is 0 Å². The van der Waals surface area contributed by atoms with Crippen LogP contribution in [0, 0.1) is 6.92 Å². The first-order chi connectivity index (χ1) is 7.63. The minimum Gasteiger partial charge on any atom is -0.339 e. The summed E-state index contributed by atoms with van der Waals surface area (Å²) in [6.45, 7) is 1.84. The average molecular weight is 238 g/mol. The zero-order chi connectivity index (χ0) is 11.5. The van der Waals surface area contributed by atoms with Gasteiger partial charge in [0.1, 0.15) is 16.8 Å². The first kappa shape index (κ1) is 10.8. The second-order valence-corrected chi connectivity index (χ2v) is 3.82. The molecule has 0 saturated heterocycles. The fourth-order valence-electron chi connectivity index (χ4n) is 1.36. The van der Waals surface area contributed by atoms with Crippen LogP contribution in [0.2, 0.25) is 0 Å². The van der Waals surface area contributed by atoms with Gasteiger partial charge in [-0.3, -0.25) is 10.4 Å². The van der Waals surface area contributed by atoms with Gasteiger partial charge < -0.3 is 5.32 Å². The van der Waals surface area contributed by atoms with Crippen LogP contribution >= 0.6 is 11.6 Å². The molecule has 0 aliphatic carbocycles. The molecule has 1 aromatic heterocycles. The Morgan fingerprint density at radius 2 is 2.31 bits per heavy atom. The maximum absolute atomic E-state index is 5.90. The Kier molecular flexibility index (Phi) is 2.96. The summed E-state index contributed by atoms with van der Waals surface area (Å²) in [5.41, 5.74) is 3.78. The van der Waals surface area contributed by atoms with Gasteiger partial charge in [0, 0.05) is 19.4 Å². The van der Waals surface area contributed by atoms with E-state index in [9.17, 15) is 0 Å². The highest BCUT2D eigenvalue weighted by Gasteiger charge is 2.06. The number of hydrogen-bond donors (Lipinski definition) is 2. The molecule has 6 heteroatoms. The molecule has 1 aromatic rings. The summed E-state index contributed by atoms with van der Waals surface area (Å²) in [5, 5.41) is 5.47. The third kappa shape index (κ3) is 2.64. The first-order valence-corrected chi connectivity index (χ1v) is 5.16. The number of allylic oxidation sites excluding steroid dienone is 1. The van der Waals surface area contributed by atoms with E-state index in [0.29, 0.717) is 5.16 Å². The third-order valence-corrected chi connectivity index (χ3v) is 2.14. The van der Waals surface area contributed by atoms with Crippen molar-refractivity contribution in [3.8, 4) is 0 Å². The van der Waals surface area contributed by atoms with Crippen LogP contribution in [0.4, 0.5) is 5.82 Å². The van der Waals surface area contributed by atoms with E-state index in [0.717, 1.165) is 17.3 Å². The van der Waals surface area contributed by atoms with Crippen LogP contribution in [0.5, 0.6) is 0 Å². The molecule has 1 aliphatic heterocycles. The standard InChI is InChI=1S/C10H12ClN5/c1-7-12-4-3-10(13-7)14-8-5-9(11)15-16(2)6-8/h3-6,15H,1-2H3,(H,12,13,14). The van der Waals surface area contributed by atoms with Crippen molar-refractivity contribution in [3.63, 3.8) is 0 Å². The monoisotopic (exact) mass is 237 g/mol. The van der Waals surface area contributed by atoms with Crippen LogP contribution in [0.1, 0.15) is 5.82 Å². The molecule has 1 aliphatic rings. The molecule has 0 bridgehead atoms. The molecule has 2 N–H and O–H groups in total. The minimum atomic E-state index is 0.554. The fraction of sp³-hybridized carbons (Fsp3) is 0.200. The lowest BCUT2D eigenvalue weighted by molar-refractivity contribution is 0.373. The number of nitrogens with zero attached hydrogens (tertiary/aromatic N) is 3. The van der Waals surface area contributed by atoms with Gasteiger partial charge in [-0.15, -0.1) is 0 Å². The van der Waals surface area contributed by atoms with E-state index in [4.69, 9.17) is 11.6 Å². The Balaban J connectivity index is 2.16. The van der Waals surface area contributed by atoms with Gasteiger partial charge in [-0.05, 0) is 19.1 Å². The molecule has 0 amide bonds. The van der Waals surface area contributed by atoms with E-state index in [1.165, 1.54) is 0 Å². The maximum atomic E-state index is 5.90. The summed E-state index contributed by atoms with van der Waals surface area (Å²) in [5.74, 6) is 1.47. The SMILES string of the molecule is Cc1nccc(NC2=CN(C)NC(Cl)=C2)n1. The lowest BCUT2D eigenvalue weighted by Crippen LogP contribution is -2.31. The molecule has 5 nitrogen and oxygen atoms in total. The van der Waals surface area contributed by atoms with Crippen molar-refractivity contribution in [1.82, 2.24) is 20.4 Å². The number of aryl methyl sites for hydroxylation is 1. The van der Waals surface area contributed by atoms with Gasteiger partial charge in [-0.1, -0.05) is 11.6 Å². The van der Waals surface area contributed by atoms with E-state index in [1.807, 2.05) is 20.2 Å². The molecule has 0 fully saturated rings. The number of rotatable bonds is 2. The molecule has 0 spiro atoms. The lowest BCUT2D eigenvalue weighted by Gasteiger charge is -2.22. The van der Waals surface area contributed by atoms with Gasteiger partial charge in [0.15, 0.2) is 0 Å². The predicted octanol–water partition coefficient (Wildman–Crippen LogP) is 1.57. The van der Waals surface area contributed by atoms with Crippen LogP contribution in [0.3, 0.4) is 0 Å². The molecule has 0 saturated carbocycles. The average Bonchev–Trinajstić information content (AvgIpc) is 2.15. The van der Waals surface area contributed by atoms with Gasteiger partial charge in [0.2, 0.25) is 0 Å². The highest BCUT2D eigenvalue weighted by Crippen LogP contribution is 2.13. The second-order valence-electron chi connectivity index (χ2n) is 3.41. The van der Waals surface area contributed by atoms with Crippen LogP contribution < -0.4 is 10.7 Å². The van der Waals surface area contributed by atoms with Crippen LogP contribution in [-0.4, -0.2) is 22.0 Å². The van der Waals surface area contributed by atoms with Crippen molar-refractivity contribution in [2.75, 3.05) is 12.4 Å². The summed E-state index contributed by atoms with van der Waals surface area (Å²) < 4.78 is 0. The molecule has 2 heterocycles. The van der Waals surface area contributed by atoms with Gasteiger partial charge >= 0.3 is 0 Å². The van der Waals surface area contributed by atoms with Crippen molar-refractivity contribution in [2.45, 2.75) is 6.92 Å². The first-order valence-electron chi connectivity index (χ1n) is 4.79. The summed E-state index contributed by atoms with van der Waals surface area (Å²) in [4.78, 5) is 8.27. The molecular formula is C10H12ClN5. The summed E-state index contributed by atoms with van der Waals surface area (Å²) in [6.07, 6.45) is 5.38. The van der Waals surface area contributed by atoms with Gasteiger partial charge in [-0.25, -0.2) is 9.97 Å². The van der Waals surface area contributed by atoms with Gasteiger partial charge in [0.25, 0.3) is 0 Å². The third-order valence-electron chi connectivity index (χ3n) is 1.95. The summed E-state index contributed by atoms with van der Waals surface area (Å²) in [7, 11) is 1.86. The highest BCUT2D eigenvalue weighted by atomic mass is 35.5. The van der Waals surface area contributed by atoms with Crippen molar-refractivity contribution in [1.29, 1.82) is 0 Å². The van der Waals surface area contributed by atoms with Crippen molar-refractivity contribution < 1.29 is 0 Å². The zero-order valence-electron chi connectivity index (χ0n) is 9.03. The van der Waals surface area contributed by atoms with Gasteiger partial charge in [0.05, 0.1) is 5.70 Å². The summed E-state index contributed by atoms with van der Waals surface area (Å²) in [6, 6.07) is 1.80. The Morgan fingerprint density at radius 3 is 3.00 bits per heavy atom. The highest BCUT2D eigenvalue weighted by molar-refractivity contribution is 6.29. The lowest BCUT2D eigenvalue weighted by atomic mass is 10.4. The largest absolute Gasteiger partial charge is 0.339 e. The molecule has 0 aromatic carbocycles. The Hall–Kier alpha value is -1.75. The summed E-state index contributed by atoms with van der Waals surface area (Å²) >= 11 is 5.90. The predicted molar refractivity (Wildman–Crippen MR) is 63.3 cm³/mol. The van der Waals surface area contributed by atoms with Crippen molar-refractivity contribution in [3.05, 3.63) is 41.2 Å². The molecule has 16 heavy (non-hydrogen) atoms. The fourth-order valence-corrected chi connectivity index (χ4v) is 1.61. The van der Waals surface area contributed by atoms with Crippen LogP contribution in [0.15, 0.2) is 35.4 Å². The molecule has 0 radical (unpaired) electrons.